The van der Waals surface area contributed by atoms with Crippen LogP contribution < -0.4 is 10.1 Å². The molecule has 0 spiro atoms. The summed E-state index contributed by atoms with van der Waals surface area (Å²) >= 11 is 0. The molecule has 28 heavy (non-hydrogen) atoms. The lowest BCUT2D eigenvalue weighted by molar-refractivity contribution is -0.274. The second-order valence-corrected chi connectivity index (χ2v) is 9.50. The van der Waals surface area contributed by atoms with Gasteiger partial charge in [-0.2, -0.15) is 0 Å². The molecule has 1 N–H and O–H groups in total. The summed E-state index contributed by atoms with van der Waals surface area (Å²) < 4.78 is 66.0. The molecule has 1 amide bonds. The van der Waals surface area contributed by atoms with E-state index in [4.69, 9.17) is 0 Å². The minimum Gasteiger partial charge on any atom is -0.405 e. The van der Waals surface area contributed by atoms with Crippen molar-refractivity contribution in [2.75, 3.05) is 18.8 Å². The zero-order valence-electron chi connectivity index (χ0n) is 15.2. The molecule has 0 aromatic heterocycles. The number of hydrogen-bond acceptors (Lipinski definition) is 5. The van der Waals surface area contributed by atoms with Crippen LogP contribution in [0.15, 0.2) is 24.3 Å². The van der Waals surface area contributed by atoms with Gasteiger partial charge in [-0.3, -0.25) is 9.69 Å². The van der Waals surface area contributed by atoms with Crippen LogP contribution in [0.3, 0.4) is 0 Å². The van der Waals surface area contributed by atoms with E-state index in [2.05, 4.69) is 10.1 Å². The summed E-state index contributed by atoms with van der Waals surface area (Å²) in [7, 11) is -3.13. The Morgan fingerprint density at radius 1 is 1.21 bits per heavy atom. The van der Waals surface area contributed by atoms with E-state index < -0.39 is 21.4 Å². The summed E-state index contributed by atoms with van der Waals surface area (Å²) in [5.74, 6) is -0.680. The maximum Gasteiger partial charge on any atom is 0.573 e. The van der Waals surface area contributed by atoms with Crippen LogP contribution in [-0.2, 0) is 21.2 Å². The fraction of sp³-hybridized carbons (Fsp3) is 0.611. The van der Waals surface area contributed by atoms with Crippen LogP contribution in [0, 0.1) is 0 Å². The van der Waals surface area contributed by atoms with E-state index >= 15 is 0 Å². The standard InChI is InChI=1S/C18H23F3N2O4S/c19-18(20,21)27-15-7-3-1-5-13(15)11-22-17(24)12-23-9-10-28(25,26)16-8-4-2-6-14(16)23/h1,3,5,7,14,16H,2,4,6,8-12H2,(H,22,24)/t14-,16-/m0/s1. The van der Waals surface area contributed by atoms with Gasteiger partial charge < -0.3 is 10.1 Å². The monoisotopic (exact) mass is 420 g/mol. The number of halogens is 3. The lowest BCUT2D eigenvalue weighted by Gasteiger charge is -2.43. The summed E-state index contributed by atoms with van der Waals surface area (Å²) in [5.41, 5.74) is 0.213. The zero-order chi connectivity index (χ0) is 20.4. The Hall–Kier alpha value is -1.81. The van der Waals surface area contributed by atoms with E-state index in [0.717, 1.165) is 19.3 Å². The average Bonchev–Trinajstić information content (AvgIpc) is 2.62. The molecular weight excluding hydrogens is 397 g/mol. The Balaban J connectivity index is 1.59. The molecule has 156 valence electrons. The first kappa shape index (κ1) is 20.9. The number of nitrogens with zero attached hydrogens (tertiary/aromatic N) is 1. The lowest BCUT2D eigenvalue weighted by Crippen LogP contribution is -2.57. The lowest BCUT2D eigenvalue weighted by atomic mass is 9.93. The fourth-order valence-corrected chi connectivity index (χ4v) is 6.08. The molecule has 0 unspecified atom stereocenters. The normalized spacial score (nSPS) is 25.0. The largest absolute Gasteiger partial charge is 0.573 e. The Bertz CT molecular complexity index is 813. The van der Waals surface area contributed by atoms with Crippen LogP contribution in [0.25, 0.3) is 0 Å². The van der Waals surface area contributed by atoms with Crippen molar-refractivity contribution < 1.29 is 31.1 Å². The molecular formula is C18H23F3N2O4S. The molecule has 1 saturated heterocycles. The Morgan fingerprint density at radius 2 is 1.93 bits per heavy atom. The van der Waals surface area contributed by atoms with Gasteiger partial charge in [-0.05, 0) is 18.9 Å². The van der Waals surface area contributed by atoms with Gasteiger partial charge in [0.25, 0.3) is 0 Å². The highest BCUT2D eigenvalue weighted by molar-refractivity contribution is 7.92. The van der Waals surface area contributed by atoms with Crippen molar-refractivity contribution >= 4 is 15.7 Å². The number of carbonyl (C=O) groups excluding carboxylic acids is 1. The molecule has 0 bridgehead atoms. The van der Waals surface area contributed by atoms with Crippen LogP contribution in [-0.4, -0.2) is 55.7 Å². The summed E-state index contributed by atoms with van der Waals surface area (Å²) in [6.07, 6.45) is -1.66. The Morgan fingerprint density at radius 3 is 2.68 bits per heavy atom. The number of sulfone groups is 1. The second kappa shape index (κ2) is 8.28. The highest BCUT2D eigenvalue weighted by Gasteiger charge is 2.42. The number of nitrogens with one attached hydrogen (secondary N) is 1. The SMILES string of the molecule is O=C(CN1CCS(=O)(=O)[C@H]2CCCC[C@@H]21)NCc1ccccc1OC(F)(F)F. The van der Waals surface area contributed by atoms with Crippen LogP contribution in [0.5, 0.6) is 5.75 Å². The predicted octanol–water partition coefficient (Wildman–Crippen LogP) is 2.24. The molecule has 0 radical (unpaired) electrons. The van der Waals surface area contributed by atoms with E-state index in [0.29, 0.717) is 13.0 Å². The average molecular weight is 420 g/mol. The molecule has 10 heteroatoms. The summed E-state index contributed by atoms with van der Waals surface area (Å²) in [5, 5.41) is 2.18. The number of para-hydroxylation sites is 1. The van der Waals surface area contributed by atoms with Crippen LogP contribution in [0.1, 0.15) is 31.2 Å². The van der Waals surface area contributed by atoms with Crippen molar-refractivity contribution in [2.24, 2.45) is 0 Å². The number of ether oxygens (including phenoxy) is 1. The van der Waals surface area contributed by atoms with Crippen molar-refractivity contribution in [1.82, 2.24) is 10.2 Å². The van der Waals surface area contributed by atoms with E-state index in [9.17, 15) is 26.4 Å². The van der Waals surface area contributed by atoms with Crippen molar-refractivity contribution in [1.29, 1.82) is 0 Å². The van der Waals surface area contributed by atoms with E-state index in [1.54, 1.807) is 6.07 Å². The second-order valence-electron chi connectivity index (χ2n) is 7.16. The number of fused-ring (bicyclic) bond motifs is 1. The topological polar surface area (TPSA) is 75.7 Å². The zero-order valence-corrected chi connectivity index (χ0v) is 16.1. The number of carbonyl (C=O) groups is 1. The van der Waals surface area contributed by atoms with Gasteiger partial charge in [0.05, 0.1) is 17.5 Å². The highest BCUT2D eigenvalue weighted by Crippen LogP contribution is 2.32. The Labute approximate surface area is 162 Å². The first-order chi connectivity index (χ1) is 13.2. The minimum absolute atomic E-state index is 0.0268. The van der Waals surface area contributed by atoms with Gasteiger partial charge in [-0.25, -0.2) is 8.42 Å². The molecule has 1 saturated carbocycles. The molecule has 1 heterocycles. The number of alkyl halides is 3. The van der Waals surface area contributed by atoms with Crippen molar-refractivity contribution in [3.8, 4) is 5.75 Å². The third-order valence-electron chi connectivity index (χ3n) is 5.28. The highest BCUT2D eigenvalue weighted by atomic mass is 32.2. The third kappa shape index (κ3) is 5.16. The molecule has 3 rings (SSSR count). The molecule has 2 fully saturated rings. The van der Waals surface area contributed by atoms with Gasteiger partial charge >= 0.3 is 6.36 Å². The molecule has 2 aliphatic rings. The van der Waals surface area contributed by atoms with E-state index in [1.807, 2.05) is 4.90 Å². The molecule has 1 aromatic carbocycles. The first-order valence-corrected chi connectivity index (χ1v) is 10.9. The van der Waals surface area contributed by atoms with Crippen molar-refractivity contribution in [2.45, 2.75) is 49.9 Å². The number of benzene rings is 1. The molecule has 1 aliphatic heterocycles. The van der Waals surface area contributed by atoms with Crippen molar-refractivity contribution in [3.63, 3.8) is 0 Å². The maximum absolute atomic E-state index is 12.5. The van der Waals surface area contributed by atoms with Crippen LogP contribution in [0.4, 0.5) is 13.2 Å². The third-order valence-corrected chi connectivity index (χ3v) is 7.51. The maximum atomic E-state index is 12.5. The quantitative estimate of drug-likeness (QED) is 0.791. The summed E-state index contributed by atoms with van der Waals surface area (Å²) in [6, 6.07) is 5.46. The van der Waals surface area contributed by atoms with E-state index in [-0.39, 0.29) is 42.1 Å². The van der Waals surface area contributed by atoms with Crippen LogP contribution in [0.2, 0.25) is 0 Å². The van der Waals surface area contributed by atoms with E-state index in [1.165, 1.54) is 18.2 Å². The molecule has 2 atom stereocenters. The molecule has 6 nitrogen and oxygen atoms in total. The number of hydrogen-bond donors (Lipinski definition) is 1. The Kier molecular flexibility index (Phi) is 6.18. The fourth-order valence-electron chi connectivity index (χ4n) is 3.98. The van der Waals surface area contributed by atoms with Gasteiger partial charge in [0.1, 0.15) is 5.75 Å². The van der Waals surface area contributed by atoms with Gasteiger partial charge in [0.15, 0.2) is 9.84 Å². The molecule has 1 aliphatic carbocycles. The van der Waals surface area contributed by atoms with Crippen LogP contribution >= 0.6 is 0 Å². The van der Waals surface area contributed by atoms with Gasteiger partial charge in [-0.15, -0.1) is 13.2 Å². The summed E-state index contributed by atoms with van der Waals surface area (Å²) in [6.45, 7) is 0.217. The predicted molar refractivity (Wildman–Crippen MR) is 96.4 cm³/mol. The first-order valence-electron chi connectivity index (χ1n) is 9.22. The smallest absolute Gasteiger partial charge is 0.405 e. The van der Waals surface area contributed by atoms with Gasteiger partial charge in [0, 0.05) is 24.7 Å². The summed E-state index contributed by atoms with van der Waals surface area (Å²) in [4.78, 5) is 14.2. The number of rotatable bonds is 5. The van der Waals surface area contributed by atoms with Crippen molar-refractivity contribution in [3.05, 3.63) is 29.8 Å². The number of amides is 1. The van der Waals surface area contributed by atoms with Gasteiger partial charge in [0.2, 0.25) is 5.91 Å². The van der Waals surface area contributed by atoms with Gasteiger partial charge in [-0.1, -0.05) is 31.0 Å². The minimum atomic E-state index is -4.81. The molecule has 1 aromatic rings.